The quantitative estimate of drug-likeness (QED) is 0.159. The normalized spacial score (nSPS) is 11.9. The van der Waals surface area contributed by atoms with Crippen LogP contribution in [0.3, 0.4) is 0 Å². The molecule has 0 saturated carbocycles. The van der Waals surface area contributed by atoms with Crippen molar-refractivity contribution in [3.8, 4) is 0 Å². The van der Waals surface area contributed by atoms with Crippen molar-refractivity contribution in [1.82, 2.24) is 10.2 Å². The summed E-state index contributed by atoms with van der Waals surface area (Å²) in [6.45, 7) is 7.47. The molecule has 9 heteroatoms. The molecule has 0 spiro atoms. The Balaban J connectivity index is 1.81. The van der Waals surface area contributed by atoms with Crippen LogP contribution in [0.15, 0.2) is 102 Å². The molecule has 242 valence electrons. The number of rotatable bonds is 14. The highest BCUT2D eigenvalue weighted by Crippen LogP contribution is 2.29. The molecule has 0 aromatic heterocycles. The molecular formula is C37H42FN3O4S. The minimum atomic E-state index is -4.20. The summed E-state index contributed by atoms with van der Waals surface area (Å²) in [6, 6.07) is 26.0. The topological polar surface area (TPSA) is 86.8 Å². The van der Waals surface area contributed by atoms with E-state index in [2.05, 4.69) is 5.32 Å². The molecule has 4 aromatic rings. The van der Waals surface area contributed by atoms with Gasteiger partial charge >= 0.3 is 0 Å². The summed E-state index contributed by atoms with van der Waals surface area (Å²) < 4.78 is 43.5. The van der Waals surface area contributed by atoms with Crippen LogP contribution in [0.2, 0.25) is 0 Å². The zero-order valence-electron chi connectivity index (χ0n) is 26.9. The van der Waals surface area contributed by atoms with E-state index in [1.165, 1.54) is 29.2 Å². The third-order valence-corrected chi connectivity index (χ3v) is 9.87. The molecule has 0 saturated heterocycles. The van der Waals surface area contributed by atoms with Crippen LogP contribution < -0.4 is 9.62 Å². The van der Waals surface area contributed by atoms with Gasteiger partial charge in [-0.15, -0.1) is 0 Å². The smallest absolute Gasteiger partial charge is 0.264 e. The van der Waals surface area contributed by atoms with Crippen LogP contribution in [0.4, 0.5) is 10.1 Å². The molecule has 0 heterocycles. The number of halogens is 1. The number of hydrogen-bond acceptors (Lipinski definition) is 4. The van der Waals surface area contributed by atoms with Gasteiger partial charge in [0.05, 0.1) is 10.6 Å². The second-order valence-corrected chi connectivity index (χ2v) is 13.4. The second-order valence-electron chi connectivity index (χ2n) is 11.5. The van der Waals surface area contributed by atoms with E-state index in [0.717, 1.165) is 33.8 Å². The van der Waals surface area contributed by atoms with Crippen LogP contribution in [0, 0.1) is 26.6 Å². The lowest BCUT2D eigenvalue weighted by atomic mass is 10.0. The van der Waals surface area contributed by atoms with Crippen LogP contribution >= 0.6 is 0 Å². The number of nitrogens with zero attached hydrogens (tertiary/aromatic N) is 2. The van der Waals surface area contributed by atoms with E-state index in [1.54, 1.807) is 36.4 Å². The molecule has 46 heavy (non-hydrogen) atoms. The standard InChI is InChI=1S/C37H42FN3O4S/c1-5-6-23-39-37(43)35(24-30-12-8-7-9-13-30)40(25-31-17-19-32(38)20-18-31)36(42)26-41(34-14-10-11-28(3)29(34)4)46(44,45)33-21-15-27(2)16-22-33/h7-22,35H,5-6,23-26H2,1-4H3,(H,39,43)/t35-/m1/s1. The summed E-state index contributed by atoms with van der Waals surface area (Å²) in [5, 5.41) is 2.97. The molecule has 1 N–H and O–H groups in total. The summed E-state index contributed by atoms with van der Waals surface area (Å²) in [4.78, 5) is 29.9. The second kappa shape index (κ2) is 15.7. The van der Waals surface area contributed by atoms with Crippen molar-refractivity contribution >= 4 is 27.5 Å². The van der Waals surface area contributed by atoms with Gasteiger partial charge in [0.1, 0.15) is 18.4 Å². The fourth-order valence-electron chi connectivity index (χ4n) is 5.20. The predicted octanol–water partition coefficient (Wildman–Crippen LogP) is 6.50. The Kier molecular flexibility index (Phi) is 11.7. The number of nitrogens with one attached hydrogen (secondary N) is 1. The fourth-order valence-corrected chi connectivity index (χ4v) is 6.67. The monoisotopic (exact) mass is 643 g/mol. The average Bonchev–Trinajstić information content (AvgIpc) is 3.04. The lowest BCUT2D eigenvalue weighted by Crippen LogP contribution is -2.53. The summed E-state index contributed by atoms with van der Waals surface area (Å²) >= 11 is 0. The van der Waals surface area contributed by atoms with Gasteiger partial charge in [-0.05, 0) is 79.8 Å². The zero-order valence-corrected chi connectivity index (χ0v) is 27.7. The molecule has 0 aliphatic rings. The Morgan fingerprint density at radius 3 is 2.15 bits per heavy atom. The van der Waals surface area contributed by atoms with Crippen molar-refractivity contribution in [2.45, 2.75) is 64.4 Å². The van der Waals surface area contributed by atoms with Gasteiger partial charge in [-0.25, -0.2) is 12.8 Å². The van der Waals surface area contributed by atoms with Gasteiger partial charge in [0.25, 0.3) is 10.0 Å². The van der Waals surface area contributed by atoms with Gasteiger partial charge in [0, 0.05) is 19.5 Å². The number of sulfonamides is 1. The van der Waals surface area contributed by atoms with Gasteiger partial charge in [0.15, 0.2) is 0 Å². The molecule has 7 nitrogen and oxygen atoms in total. The van der Waals surface area contributed by atoms with Gasteiger partial charge < -0.3 is 10.2 Å². The number of carbonyl (C=O) groups excluding carboxylic acids is 2. The van der Waals surface area contributed by atoms with Crippen molar-refractivity contribution < 1.29 is 22.4 Å². The predicted molar refractivity (Wildman–Crippen MR) is 180 cm³/mol. The number of benzene rings is 4. The lowest BCUT2D eigenvalue weighted by molar-refractivity contribution is -0.140. The van der Waals surface area contributed by atoms with Crippen LogP contribution in [-0.4, -0.2) is 44.3 Å². The summed E-state index contributed by atoms with van der Waals surface area (Å²) in [5.41, 5.74) is 4.31. The molecule has 0 bridgehead atoms. The van der Waals surface area contributed by atoms with Gasteiger partial charge in [-0.2, -0.15) is 0 Å². The van der Waals surface area contributed by atoms with Crippen molar-refractivity contribution in [2.75, 3.05) is 17.4 Å². The van der Waals surface area contributed by atoms with Gasteiger partial charge in [-0.3, -0.25) is 13.9 Å². The number of hydrogen-bond donors (Lipinski definition) is 1. The number of carbonyl (C=O) groups is 2. The van der Waals surface area contributed by atoms with Crippen molar-refractivity contribution in [3.05, 3.63) is 131 Å². The van der Waals surface area contributed by atoms with Crippen LogP contribution in [0.25, 0.3) is 0 Å². The highest BCUT2D eigenvalue weighted by atomic mass is 32.2. The summed E-state index contributed by atoms with van der Waals surface area (Å²) in [6.07, 6.45) is 1.86. The minimum Gasteiger partial charge on any atom is -0.354 e. The van der Waals surface area contributed by atoms with Crippen LogP contribution in [0.1, 0.15) is 47.6 Å². The SMILES string of the molecule is CCCCNC(=O)[C@@H](Cc1ccccc1)N(Cc1ccc(F)cc1)C(=O)CN(c1cccc(C)c1C)S(=O)(=O)c1ccc(C)cc1. The summed E-state index contributed by atoms with van der Waals surface area (Å²) in [5.74, 6) is -1.33. The van der Waals surface area contributed by atoms with E-state index in [4.69, 9.17) is 0 Å². The number of unbranched alkanes of at least 4 members (excludes halogenated alkanes) is 1. The van der Waals surface area contributed by atoms with Crippen LogP contribution in [0.5, 0.6) is 0 Å². The lowest BCUT2D eigenvalue weighted by Gasteiger charge is -2.34. The van der Waals surface area contributed by atoms with Gasteiger partial charge in [-0.1, -0.05) is 85.6 Å². The first-order chi connectivity index (χ1) is 22.0. The number of anilines is 1. The number of amides is 2. The molecule has 1 atom stereocenters. The van der Waals surface area contributed by atoms with Crippen LogP contribution in [-0.2, 0) is 32.6 Å². The number of aryl methyl sites for hydroxylation is 2. The first kappa shape index (κ1) is 34.4. The molecule has 0 radical (unpaired) electrons. The maximum absolute atomic E-state index is 14.6. The first-order valence-electron chi connectivity index (χ1n) is 15.5. The Morgan fingerprint density at radius 1 is 0.826 bits per heavy atom. The van der Waals surface area contributed by atoms with E-state index in [0.29, 0.717) is 23.4 Å². The van der Waals surface area contributed by atoms with E-state index in [9.17, 15) is 22.4 Å². The van der Waals surface area contributed by atoms with E-state index >= 15 is 0 Å². The maximum atomic E-state index is 14.6. The van der Waals surface area contributed by atoms with Crippen molar-refractivity contribution in [2.24, 2.45) is 0 Å². The summed E-state index contributed by atoms with van der Waals surface area (Å²) in [7, 11) is -4.20. The highest BCUT2D eigenvalue weighted by Gasteiger charge is 2.35. The van der Waals surface area contributed by atoms with Crippen molar-refractivity contribution in [1.29, 1.82) is 0 Å². The molecule has 0 aliphatic carbocycles. The molecular weight excluding hydrogens is 601 g/mol. The highest BCUT2D eigenvalue weighted by molar-refractivity contribution is 7.92. The molecule has 2 amide bonds. The van der Waals surface area contributed by atoms with E-state index < -0.39 is 34.3 Å². The fraction of sp³-hybridized carbons (Fsp3) is 0.297. The van der Waals surface area contributed by atoms with E-state index in [-0.39, 0.29) is 23.8 Å². The first-order valence-corrected chi connectivity index (χ1v) is 17.0. The Morgan fingerprint density at radius 2 is 1.50 bits per heavy atom. The van der Waals surface area contributed by atoms with E-state index in [1.807, 2.05) is 64.1 Å². The average molecular weight is 644 g/mol. The van der Waals surface area contributed by atoms with Gasteiger partial charge in [0.2, 0.25) is 11.8 Å². The third kappa shape index (κ3) is 8.60. The maximum Gasteiger partial charge on any atom is 0.264 e. The van der Waals surface area contributed by atoms with Crippen molar-refractivity contribution in [3.63, 3.8) is 0 Å². The molecule has 0 fully saturated rings. The largest absolute Gasteiger partial charge is 0.354 e. The molecule has 4 aromatic carbocycles. The third-order valence-electron chi connectivity index (χ3n) is 8.10. The Hall–Kier alpha value is -4.50. The molecule has 0 aliphatic heterocycles. The zero-order chi connectivity index (χ0) is 33.3. The molecule has 0 unspecified atom stereocenters. The minimum absolute atomic E-state index is 0.0248. The Bertz CT molecular complexity index is 1730. The Labute approximate surface area is 272 Å². The molecule has 4 rings (SSSR count).